The summed E-state index contributed by atoms with van der Waals surface area (Å²) in [6.45, 7) is -0.000916. The molecule has 0 bridgehead atoms. The Kier molecular flexibility index (Phi) is 5.43. The number of amides is 3. The molecule has 0 spiro atoms. The van der Waals surface area contributed by atoms with E-state index in [0.717, 1.165) is 15.1 Å². The first-order valence-electron chi connectivity index (χ1n) is 7.77. The van der Waals surface area contributed by atoms with Gasteiger partial charge in [0, 0.05) is 23.1 Å². The van der Waals surface area contributed by atoms with Crippen LogP contribution in [0.15, 0.2) is 53.0 Å². The Balaban J connectivity index is 1.51. The van der Waals surface area contributed by atoms with Crippen molar-refractivity contribution in [2.75, 3.05) is 11.9 Å². The summed E-state index contributed by atoms with van der Waals surface area (Å²) in [6.07, 6.45) is -0.0341. The Morgan fingerprint density at radius 1 is 1.00 bits per heavy atom. The van der Waals surface area contributed by atoms with Crippen molar-refractivity contribution in [3.05, 3.63) is 64.1 Å². The average Bonchev–Trinajstić information content (AvgIpc) is 2.86. The topological polar surface area (TPSA) is 78.5 Å². The van der Waals surface area contributed by atoms with E-state index in [-0.39, 0.29) is 35.8 Å². The summed E-state index contributed by atoms with van der Waals surface area (Å²) in [5.41, 5.74) is 1.47. The number of thiocarbonyl (C=S) groups is 1. The highest BCUT2D eigenvalue weighted by molar-refractivity contribution is 9.10. The van der Waals surface area contributed by atoms with Crippen molar-refractivity contribution >= 4 is 56.7 Å². The third-order valence-corrected chi connectivity index (χ3v) is 4.53. The van der Waals surface area contributed by atoms with Gasteiger partial charge in [-0.05, 0) is 48.6 Å². The van der Waals surface area contributed by atoms with Crippen molar-refractivity contribution in [1.82, 2.24) is 10.2 Å². The summed E-state index contributed by atoms with van der Waals surface area (Å²) in [7, 11) is 0. The number of halogens is 1. The number of anilines is 1. The van der Waals surface area contributed by atoms with Crippen molar-refractivity contribution in [2.45, 2.75) is 6.42 Å². The molecule has 3 amide bonds. The standard InChI is InChI=1S/C18H14BrN3O3S/c19-11-5-7-12(8-6-11)20-18(26)21-15(23)9-10-22-16(24)13-3-1-2-4-14(13)17(22)25/h1-8H,9-10H2,(H2,20,21,23,26). The quantitative estimate of drug-likeness (QED) is 0.574. The van der Waals surface area contributed by atoms with E-state index in [0.29, 0.717) is 11.1 Å². The SMILES string of the molecule is O=C(CCN1C(=O)c2ccccc2C1=O)NC(=S)Nc1ccc(Br)cc1. The Bertz CT molecular complexity index is 864. The number of nitrogens with one attached hydrogen (secondary N) is 2. The Morgan fingerprint density at radius 3 is 2.15 bits per heavy atom. The van der Waals surface area contributed by atoms with Crippen LogP contribution in [0.25, 0.3) is 0 Å². The van der Waals surface area contributed by atoms with E-state index < -0.39 is 0 Å². The van der Waals surface area contributed by atoms with Crippen LogP contribution in [-0.2, 0) is 4.79 Å². The first-order valence-corrected chi connectivity index (χ1v) is 8.97. The lowest BCUT2D eigenvalue weighted by atomic mass is 10.1. The molecule has 1 heterocycles. The molecule has 8 heteroatoms. The average molecular weight is 432 g/mol. The zero-order chi connectivity index (χ0) is 18.7. The van der Waals surface area contributed by atoms with E-state index in [1.165, 1.54) is 0 Å². The predicted octanol–water partition coefficient (Wildman–Crippen LogP) is 2.95. The Labute approximate surface area is 163 Å². The number of carbonyl (C=O) groups excluding carboxylic acids is 3. The summed E-state index contributed by atoms with van der Waals surface area (Å²) in [5, 5.41) is 5.58. The van der Waals surface area contributed by atoms with Crippen LogP contribution in [0.5, 0.6) is 0 Å². The maximum Gasteiger partial charge on any atom is 0.261 e. The van der Waals surface area contributed by atoms with Gasteiger partial charge in [0.25, 0.3) is 11.8 Å². The molecular formula is C18H14BrN3O3S. The minimum atomic E-state index is -0.381. The van der Waals surface area contributed by atoms with Crippen LogP contribution in [0.1, 0.15) is 27.1 Å². The van der Waals surface area contributed by atoms with E-state index in [1.807, 2.05) is 12.1 Å². The van der Waals surface area contributed by atoms with E-state index in [2.05, 4.69) is 26.6 Å². The van der Waals surface area contributed by atoms with Gasteiger partial charge < -0.3 is 10.6 Å². The molecule has 2 N–H and O–H groups in total. The van der Waals surface area contributed by atoms with E-state index in [9.17, 15) is 14.4 Å². The molecule has 0 radical (unpaired) electrons. The zero-order valence-corrected chi connectivity index (χ0v) is 15.9. The second kappa shape index (κ2) is 7.76. The summed E-state index contributed by atoms with van der Waals surface area (Å²) in [4.78, 5) is 37.6. The molecule has 0 saturated heterocycles. The van der Waals surface area contributed by atoms with Gasteiger partial charge in [0.05, 0.1) is 11.1 Å². The number of hydrogen-bond donors (Lipinski definition) is 2. The smallest absolute Gasteiger partial charge is 0.261 e. The minimum absolute atomic E-state index is 0.000916. The highest BCUT2D eigenvalue weighted by atomic mass is 79.9. The normalized spacial score (nSPS) is 12.7. The molecule has 0 atom stereocenters. The van der Waals surface area contributed by atoms with Gasteiger partial charge in [-0.15, -0.1) is 0 Å². The van der Waals surface area contributed by atoms with Gasteiger partial charge in [-0.2, -0.15) is 0 Å². The third-order valence-electron chi connectivity index (χ3n) is 3.80. The van der Waals surface area contributed by atoms with E-state index in [1.54, 1.807) is 36.4 Å². The number of rotatable bonds is 4. The second-order valence-corrected chi connectivity index (χ2v) is 6.89. The number of nitrogens with zero attached hydrogens (tertiary/aromatic N) is 1. The lowest BCUT2D eigenvalue weighted by Crippen LogP contribution is -2.38. The summed E-state index contributed by atoms with van der Waals surface area (Å²) >= 11 is 8.43. The minimum Gasteiger partial charge on any atom is -0.332 e. The zero-order valence-electron chi connectivity index (χ0n) is 13.5. The van der Waals surface area contributed by atoms with Crippen LogP contribution in [-0.4, -0.2) is 34.3 Å². The maximum atomic E-state index is 12.2. The van der Waals surface area contributed by atoms with Crippen LogP contribution in [0, 0.1) is 0 Å². The summed E-state index contributed by atoms with van der Waals surface area (Å²) < 4.78 is 0.930. The Morgan fingerprint density at radius 2 is 1.58 bits per heavy atom. The number of hydrogen-bond acceptors (Lipinski definition) is 4. The van der Waals surface area contributed by atoms with Crippen molar-refractivity contribution in [3.8, 4) is 0 Å². The number of carbonyl (C=O) groups is 3. The molecule has 132 valence electrons. The van der Waals surface area contributed by atoms with Crippen LogP contribution >= 0.6 is 28.1 Å². The van der Waals surface area contributed by atoms with E-state index >= 15 is 0 Å². The fourth-order valence-corrected chi connectivity index (χ4v) is 3.04. The molecular weight excluding hydrogens is 418 g/mol. The molecule has 0 unspecified atom stereocenters. The van der Waals surface area contributed by atoms with E-state index in [4.69, 9.17) is 12.2 Å². The lowest BCUT2D eigenvalue weighted by molar-refractivity contribution is -0.119. The van der Waals surface area contributed by atoms with Gasteiger partial charge in [0.15, 0.2) is 5.11 Å². The predicted molar refractivity (Wildman–Crippen MR) is 105 cm³/mol. The highest BCUT2D eigenvalue weighted by Crippen LogP contribution is 2.22. The molecule has 1 aliphatic heterocycles. The van der Waals surface area contributed by atoms with Crippen molar-refractivity contribution in [2.24, 2.45) is 0 Å². The second-order valence-electron chi connectivity index (χ2n) is 5.57. The molecule has 3 rings (SSSR count). The first kappa shape index (κ1) is 18.2. The fourth-order valence-electron chi connectivity index (χ4n) is 2.54. The van der Waals surface area contributed by atoms with Crippen molar-refractivity contribution < 1.29 is 14.4 Å². The van der Waals surface area contributed by atoms with Crippen molar-refractivity contribution in [1.29, 1.82) is 0 Å². The van der Waals surface area contributed by atoms with Crippen LogP contribution in [0.4, 0.5) is 5.69 Å². The molecule has 0 fully saturated rings. The molecule has 0 aromatic heterocycles. The van der Waals surface area contributed by atoms with Crippen molar-refractivity contribution in [3.63, 3.8) is 0 Å². The van der Waals surface area contributed by atoms with Gasteiger partial charge in [0.1, 0.15) is 0 Å². The van der Waals surface area contributed by atoms with Crippen LogP contribution < -0.4 is 10.6 Å². The fraction of sp³-hybridized carbons (Fsp3) is 0.111. The monoisotopic (exact) mass is 431 g/mol. The van der Waals surface area contributed by atoms with Gasteiger partial charge >= 0.3 is 0 Å². The molecule has 26 heavy (non-hydrogen) atoms. The summed E-state index contributed by atoms with van der Waals surface area (Å²) in [6, 6.07) is 13.9. The van der Waals surface area contributed by atoms with Crippen LogP contribution in [0.2, 0.25) is 0 Å². The van der Waals surface area contributed by atoms with Gasteiger partial charge in [0.2, 0.25) is 5.91 Å². The molecule has 1 aliphatic rings. The molecule has 0 saturated carbocycles. The summed E-state index contributed by atoms with van der Waals surface area (Å²) in [5.74, 6) is -1.14. The molecule has 2 aromatic carbocycles. The molecule has 0 aliphatic carbocycles. The van der Waals surface area contributed by atoms with Gasteiger partial charge in [-0.1, -0.05) is 28.1 Å². The Hall–Kier alpha value is -2.58. The highest BCUT2D eigenvalue weighted by Gasteiger charge is 2.34. The molecule has 2 aromatic rings. The number of fused-ring (bicyclic) bond motifs is 1. The van der Waals surface area contributed by atoms with Crippen LogP contribution in [0.3, 0.4) is 0 Å². The number of imide groups is 1. The lowest BCUT2D eigenvalue weighted by Gasteiger charge is -2.14. The van der Waals surface area contributed by atoms with Gasteiger partial charge in [-0.25, -0.2) is 0 Å². The first-order chi connectivity index (χ1) is 12.5. The maximum absolute atomic E-state index is 12.2. The largest absolute Gasteiger partial charge is 0.332 e. The molecule has 6 nitrogen and oxygen atoms in total. The number of benzene rings is 2. The van der Waals surface area contributed by atoms with Gasteiger partial charge in [-0.3, -0.25) is 19.3 Å². The third kappa shape index (κ3) is 3.97.